The van der Waals surface area contributed by atoms with Gasteiger partial charge in [-0.1, -0.05) is 12.1 Å². The van der Waals surface area contributed by atoms with E-state index in [2.05, 4.69) is 15.6 Å². The molecule has 7 heteroatoms. The van der Waals surface area contributed by atoms with E-state index in [-0.39, 0.29) is 12.1 Å². The average molecular weight is 332 g/mol. The van der Waals surface area contributed by atoms with Crippen molar-refractivity contribution in [1.82, 2.24) is 10.6 Å². The lowest BCUT2D eigenvalue weighted by atomic mass is 10.1. The van der Waals surface area contributed by atoms with Gasteiger partial charge in [0.25, 0.3) is 0 Å². The van der Waals surface area contributed by atoms with Crippen LogP contribution in [0.25, 0.3) is 0 Å². The summed E-state index contributed by atoms with van der Waals surface area (Å²) in [5.41, 5.74) is 6.70. The van der Waals surface area contributed by atoms with Crippen molar-refractivity contribution < 1.29 is 13.6 Å². The summed E-state index contributed by atoms with van der Waals surface area (Å²) < 4.78 is 26.7. The minimum atomic E-state index is -0.501. The molecule has 0 fully saturated rings. The molecule has 0 aliphatic rings. The van der Waals surface area contributed by atoms with Crippen LogP contribution in [0, 0.1) is 11.6 Å². The molecule has 24 heavy (non-hydrogen) atoms. The molecule has 2 rings (SSSR count). The van der Waals surface area contributed by atoms with Gasteiger partial charge < -0.3 is 16.4 Å². The molecule has 5 nitrogen and oxygen atoms in total. The van der Waals surface area contributed by atoms with E-state index in [1.165, 1.54) is 0 Å². The summed E-state index contributed by atoms with van der Waals surface area (Å²) >= 11 is 0. The topological polar surface area (TPSA) is 79.5 Å². The highest BCUT2D eigenvalue weighted by atomic mass is 19.1. The van der Waals surface area contributed by atoms with Crippen molar-refractivity contribution in [2.45, 2.75) is 13.1 Å². The number of hydrogen-bond donors (Lipinski definition) is 3. The van der Waals surface area contributed by atoms with Crippen molar-refractivity contribution in [1.29, 1.82) is 0 Å². The average Bonchev–Trinajstić information content (AvgIpc) is 2.58. The van der Waals surface area contributed by atoms with E-state index in [0.29, 0.717) is 18.1 Å². The fraction of sp³-hybridized carbons (Fsp3) is 0.176. The number of aliphatic imine (C=N–C) groups is 1. The van der Waals surface area contributed by atoms with Crippen LogP contribution in [0.3, 0.4) is 0 Å². The minimum Gasteiger partial charge on any atom is -0.366 e. The second-order valence-electron chi connectivity index (χ2n) is 5.08. The third-order valence-corrected chi connectivity index (χ3v) is 3.35. The van der Waals surface area contributed by atoms with Gasteiger partial charge in [0.15, 0.2) is 5.96 Å². The Morgan fingerprint density at radius 3 is 2.58 bits per heavy atom. The van der Waals surface area contributed by atoms with Crippen LogP contribution in [0.5, 0.6) is 0 Å². The fourth-order valence-electron chi connectivity index (χ4n) is 2.10. The quantitative estimate of drug-likeness (QED) is 0.578. The molecule has 0 unspecified atom stereocenters. The maximum absolute atomic E-state index is 13.6. The number of nitrogens with zero attached hydrogens (tertiary/aromatic N) is 1. The van der Waals surface area contributed by atoms with Crippen molar-refractivity contribution in [2.24, 2.45) is 10.7 Å². The summed E-state index contributed by atoms with van der Waals surface area (Å²) in [5.74, 6) is -1.07. The Labute approximate surface area is 138 Å². The molecule has 126 valence electrons. The summed E-state index contributed by atoms with van der Waals surface area (Å²) in [4.78, 5) is 15.2. The number of nitrogens with one attached hydrogen (secondary N) is 2. The number of rotatable bonds is 5. The molecule has 1 amide bonds. The largest absolute Gasteiger partial charge is 0.366 e. The van der Waals surface area contributed by atoms with E-state index >= 15 is 0 Å². The van der Waals surface area contributed by atoms with E-state index < -0.39 is 17.5 Å². The summed E-state index contributed by atoms with van der Waals surface area (Å²) in [7, 11) is 1.57. The number of guanidine groups is 1. The Morgan fingerprint density at radius 1 is 1.12 bits per heavy atom. The highest BCUT2D eigenvalue weighted by Gasteiger charge is 2.06. The van der Waals surface area contributed by atoms with Gasteiger partial charge in [-0.3, -0.25) is 9.79 Å². The maximum atomic E-state index is 13.6. The Morgan fingerprint density at radius 2 is 1.88 bits per heavy atom. The molecular formula is C17H18F2N4O. The summed E-state index contributed by atoms with van der Waals surface area (Å²) in [6.45, 7) is 0.483. The van der Waals surface area contributed by atoms with Crippen LogP contribution in [-0.4, -0.2) is 18.9 Å². The summed E-state index contributed by atoms with van der Waals surface area (Å²) in [5, 5.41) is 5.93. The number of primary amides is 1. The molecule has 0 saturated carbocycles. The second kappa shape index (κ2) is 8.05. The zero-order valence-corrected chi connectivity index (χ0v) is 13.1. The molecule has 0 aliphatic heterocycles. The Hall–Kier alpha value is -2.96. The first-order valence-corrected chi connectivity index (χ1v) is 7.27. The SMILES string of the molecule is CN=C(NCc1cccc(C(N)=O)c1)NCc1cc(F)ccc1F. The summed E-state index contributed by atoms with van der Waals surface area (Å²) in [6.07, 6.45) is 0. The van der Waals surface area contributed by atoms with Gasteiger partial charge in [-0.25, -0.2) is 8.78 Å². The third-order valence-electron chi connectivity index (χ3n) is 3.35. The zero-order chi connectivity index (χ0) is 17.5. The molecular weight excluding hydrogens is 314 g/mol. The number of nitrogens with two attached hydrogens (primary N) is 1. The number of amides is 1. The lowest BCUT2D eigenvalue weighted by molar-refractivity contribution is 0.1000. The molecule has 0 bridgehead atoms. The molecule has 2 aromatic rings. The van der Waals surface area contributed by atoms with E-state index in [1.807, 2.05) is 6.07 Å². The lowest BCUT2D eigenvalue weighted by Gasteiger charge is -2.13. The van der Waals surface area contributed by atoms with Crippen LogP contribution in [0.15, 0.2) is 47.5 Å². The predicted molar refractivity (Wildman–Crippen MR) is 88.4 cm³/mol. The maximum Gasteiger partial charge on any atom is 0.248 e. The van der Waals surface area contributed by atoms with Gasteiger partial charge in [-0.05, 0) is 35.9 Å². The van der Waals surface area contributed by atoms with E-state index in [9.17, 15) is 13.6 Å². The van der Waals surface area contributed by atoms with Gasteiger partial charge in [-0.15, -0.1) is 0 Å². The van der Waals surface area contributed by atoms with Crippen molar-refractivity contribution in [3.05, 3.63) is 70.8 Å². The van der Waals surface area contributed by atoms with Gasteiger partial charge in [0.05, 0.1) is 0 Å². The number of carbonyl (C=O) groups excluding carboxylic acids is 1. The zero-order valence-electron chi connectivity index (χ0n) is 13.1. The number of hydrogen-bond acceptors (Lipinski definition) is 2. The Bertz CT molecular complexity index is 762. The third kappa shape index (κ3) is 4.77. The molecule has 0 heterocycles. The minimum absolute atomic E-state index is 0.0879. The van der Waals surface area contributed by atoms with Crippen molar-refractivity contribution in [2.75, 3.05) is 7.05 Å². The lowest BCUT2D eigenvalue weighted by Crippen LogP contribution is -2.36. The van der Waals surface area contributed by atoms with Crippen LogP contribution in [-0.2, 0) is 13.1 Å². The van der Waals surface area contributed by atoms with Crippen molar-refractivity contribution >= 4 is 11.9 Å². The smallest absolute Gasteiger partial charge is 0.248 e. The Kier molecular flexibility index (Phi) is 5.83. The first kappa shape index (κ1) is 17.4. The van der Waals surface area contributed by atoms with E-state index in [1.54, 1.807) is 25.2 Å². The number of benzene rings is 2. The number of carbonyl (C=O) groups is 1. The molecule has 4 N–H and O–H groups in total. The molecule has 0 saturated heterocycles. The van der Waals surface area contributed by atoms with Crippen LogP contribution in [0.1, 0.15) is 21.5 Å². The van der Waals surface area contributed by atoms with Crippen LogP contribution < -0.4 is 16.4 Å². The number of halogens is 2. The fourth-order valence-corrected chi connectivity index (χ4v) is 2.10. The normalized spacial score (nSPS) is 11.2. The van der Waals surface area contributed by atoms with Gasteiger partial charge in [-0.2, -0.15) is 0 Å². The molecule has 2 aromatic carbocycles. The first-order chi connectivity index (χ1) is 11.5. The monoisotopic (exact) mass is 332 g/mol. The van der Waals surface area contributed by atoms with Crippen LogP contribution >= 0.6 is 0 Å². The van der Waals surface area contributed by atoms with Gasteiger partial charge in [0, 0.05) is 31.3 Å². The summed E-state index contributed by atoms with van der Waals surface area (Å²) in [6, 6.07) is 10.1. The second-order valence-corrected chi connectivity index (χ2v) is 5.08. The first-order valence-electron chi connectivity index (χ1n) is 7.27. The molecule has 0 aromatic heterocycles. The molecule has 0 aliphatic carbocycles. The van der Waals surface area contributed by atoms with Gasteiger partial charge in [0.2, 0.25) is 5.91 Å². The highest BCUT2D eigenvalue weighted by molar-refractivity contribution is 5.92. The molecule has 0 spiro atoms. The highest BCUT2D eigenvalue weighted by Crippen LogP contribution is 2.09. The molecule has 0 radical (unpaired) electrons. The van der Waals surface area contributed by atoms with Gasteiger partial charge in [0.1, 0.15) is 11.6 Å². The Balaban J connectivity index is 1.94. The predicted octanol–water partition coefficient (Wildman–Crippen LogP) is 1.93. The van der Waals surface area contributed by atoms with Crippen molar-refractivity contribution in [3.63, 3.8) is 0 Å². The van der Waals surface area contributed by atoms with E-state index in [4.69, 9.17) is 5.73 Å². The molecule has 0 atom stereocenters. The standard InChI is InChI=1S/C17H18F2N4O/c1-21-17(23-10-13-8-14(18)5-6-15(13)19)22-9-11-3-2-4-12(7-11)16(20)24/h2-8H,9-10H2,1H3,(H2,20,24)(H2,21,22,23). The van der Waals surface area contributed by atoms with Crippen LogP contribution in [0.4, 0.5) is 8.78 Å². The van der Waals surface area contributed by atoms with Gasteiger partial charge >= 0.3 is 0 Å². The van der Waals surface area contributed by atoms with E-state index in [0.717, 1.165) is 23.8 Å². The van der Waals surface area contributed by atoms with Crippen molar-refractivity contribution in [3.8, 4) is 0 Å². The van der Waals surface area contributed by atoms with Crippen LogP contribution in [0.2, 0.25) is 0 Å².